The second-order valence-corrected chi connectivity index (χ2v) is 4.73. The van der Waals surface area contributed by atoms with Gasteiger partial charge in [-0.1, -0.05) is 17.7 Å². The van der Waals surface area contributed by atoms with Gasteiger partial charge in [0.1, 0.15) is 0 Å². The number of hydrogen-bond donors (Lipinski definition) is 3. The summed E-state index contributed by atoms with van der Waals surface area (Å²) in [4.78, 5) is 11.8. The molecule has 5 heteroatoms. The Morgan fingerprint density at radius 1 is 1.25 bits per heavy atom. The van der Waals surface area contributed by atoms with Gasteiger partial charge in [-0.15, -0.1) is 0 Å². The summed E-state index contributed by atoms with van der Waals surface area (Å²) < 4.78 is 0. The molecule has 0 saturated carbocycles. The van der Waals surface area contributed by atoms with E-state index in [0.29, 0.717) is 28.5 Å². The molecule has 0 aliphatic heterocycles. The molecule has 0 radical (unpaired) electrons. The van der Waals surface area contributed by atoms with Crippen molar-refractivity contribution in [1.82, 2.24) is 5.32 Å². The number of benzene rings is 2. The first-order valence-corrected chi connectivity index (χ1v) is 6.68. The molecule has 0 aliphatic rings. The maximum atomic E-state index is 11.8. The second-order valence-electron chi connectivity index (χ2n) is 4.30. The maximum Gasteiger partial charge on any atom is 0.251 e. The minimum absolute atomic E-state index is 0.123. The van der Waals surface area contributed by atoms with Gasteiger partial charge in [0.15, 0.2) is 0 Å². The Morgan fingerprint density at radius 3 is 2.75 bits per heavy atom. The summed E-state index contributed by atoms with van der Waals surface area (Å²) in [5, 5.41) is 6.55. The van der Waals surface area contributed by atoms with Crippen molar-refractivity contribution in [3.8, 4) is 0 Å². The molecule has 0 aliphatic carbocycles. The van der Waals surface area contributed by atoms with Crippen molar-refractivity contribution in [1.29, 1.82) is 0 Å². The number of rotatable bonds is 4. The number of nitrogens with one attached hydrogen (secondary N) is 2. The van der Waals surface area contributed by atoms with Gasteiger partial charge in [-0.05, 0) is 43.3 Å². The molecule has 0 fully saturated rings. The van der Waals surface area contributed by atoms with Crippen molar-refractivity contribution < 1.29 is 4.79 Å². The number of amides is 1. The van der Waals surface area contributed by atoms with Crippen LogP contribution in [0.25, 0.3) is 0 Å². The van der Waals surface area contributed by atoms with Gasteiger partial charge in [-0.25, -0.2) is 0 Å². The van der Waals surface area contributed by atoms with Crippen LogP contribution in [0.4, 0.5) is 17.1 Å². The number of carbonyl (C=O) groups excluding carboxylic acids is 1. The van der Waals surface area contributed by atoms with E-state index in [0.717, 1.165) is 5.69 Å². The second kappa shape index (κ2) is 6.30. The molecule has 0 aromatic heterocycles. The molecule has 4 nitrogen and oxygen atoms in total. The van der Waals surface area contributed by atoms with Crippen molar-refractivity contribution in [2.24, 2.45) is 0 Å². The molecule has 2 aromatic rings. The lowest BCUT2D eigenvalue weighted by molar-refractivity contribution is 0.0956. The van der Waals surface area contributed by atoms with E-state index in [-0.39, 0.29) is 5.91 Å². The smallest absolute Gasteiger partial charge is 0.251 e. The fraction of sp³-hybridized carbons (Fsp3) is 0.133. The first-order chi connectivity index (χ1) is 9.60. The number of nitrogen functional groups attached to an aromatic ring is 1. The van der Waals surface area contributed by atoms with Crippen LogP contribution in [0.2, 0.25) is 5.02 Å². The molecule has 0 unspecified atom stereocenters. The van der Waals surface area contributed by atoms with E-state index in [9.17, 15) is 4.79 Å². The van der Waals surface area contributed by atoms with E-state index in [4.69, 9.17) is 17.3 Å². The monoisotopic (exact) mass is 289 g/mol. The Morgan fingerprint density at radius 2 is 2.05 bits per heavy atom. The highest BCUT2D eigenvalue weighted by atomic mass is 35.5. The Balaban J connectivity index is 2.27. The van der Waals surface area contributed by atoms with E-state index >= 15 is 0 Å². The largest absolute Gasteiger partial charge is 0.397 e. The quantitative estimate of drug-likeness (QED) is 0.756. The van der Waals surface area contributed by atoms with Gasteiger partial charge in [0, 0.05) is 22.8 Å². The van der Waals surface area contributed by atoms with Crippen molar-refractivity contribution >= 4 is 34.6 Å². The summed E-state index contributed by atoms with van der Waals surface area (Å²) in [6.45, 7) is 2.46. The summed E-state index contributed by atoms with van der Waals surface area (Å²) in [6, 6.07) is 12.4. The van der Waals surface area contributed by atoms with Crippen LogP contribution in [0, 0.1) is 0 Å². The third-order valence-electron chi connectivity index (χ3n) is 2.76. The Kier molecular flexibility index (Phi) is 4.48. The maximum absolute atomic E-state index is 11.8. The molecule has 0 bridgehead atoms. The predicted octanol–water partition coefficient (Wildman–Crippen LogP) is 3.42. The van der Waals surface area contributed by atoms with E-state index in [1.165, 1.54) is 0 Å². The highest BCUT2D eigenvalue weighted by molar-refractivity contribution is 6.30. The molecule has 0 saturated heterocycles. The molecule has 104 valence electrons. The van der Waals surface area contributed by atoms with Crippen molar-refractivity contribution in [3.05, 3.63) is 53.1 Å². The summed E-state index contributed by atoms with van der Waals surface area (Å²) >= 11 is 5.94. The topological polar surface area (TPSA) is 67.2 Å². The van der Waals surface area contributed by atoms with Crippen LogP contribution < -0.4 is 16.4 Å². The highest BCUT2D eigenvalue weighted by Crippen LogP contribution is 2.25. The average molecular weight is 290 g/mol. The van der Waals surface area contributed by atoms with Crippen LogP contribution in [0.1, 0.15) is 17.3 Å². The van der Waals surface area contributed by atoms with E-state index in [1.54, 1.807) is 30.3 Å². The lowest BCUT2D eigenvalue weighted by Gasteiger charge is -2.11. The first-order valence-electron chi connectivity index (χ1n) is 6.30. The summed E-state index contributed by atoms with van der Waals surface area (Å²) in [5.74, 6) is -0.123. The molecule has 20 heavy (non-hydrogen) atoms. The normalized spacial score (nSPS) is 10.1. The highest BCUT2D eigenvalue weighted by Gasteiger charge is 2.08. The van der Waals surface area contributed by atoms with Crippen LogP contribution in [-0.2, 0) is 0 Å². The van der Waals surface area contributed by atoms with Gasteiger partial charge in [-0.2, -0.15) is 0 Å². The van der Waals surface area contributed by atoms with Crippen LogP contribution in [-0.4, -0.2) is 12.5 Å². The molecule has 2 aromatic carbocycles. The Labute approximate surface area is 122 Å². The number of nitrogens with two attached hydrogens (primary N) is 1. The molecule has 0 spiro atoms. The van der Waals surface area contributed by atoms with Crippen LogP contribution in [0.15, 0.2) is 42.5 Å². The third-order valence-corrected chi connectivity index (χ3v) is 2.99. The van der Waals surface area contributed by atoms with Gasteiger partial charge in [0.2, 0.25) is 0 Å². The zero-order chi connectivity index (χ0) is 14.5. The zero-order valence-corrected chi connectivity index (χ0v) is 11.9. The van der Waals surface area contributed by atoms with Crippen LogP contribution in [0.3, 0.4) is 0 Å². The van der Waals surface area contributed by atoms with Gasteiger partial charge in [-0.3, -0.25) is 4.79 Å². The minimum Gasteiger partial charge on any atom is -0.397 e. The molecule has 4 N–H and O–H groups in total. The van der Waals surface area contributed by atoms with Crippen molar-refractivity contribution in [2.75, 3.05) is 17.6 Å². The average Bonchev–Trinajstić information content (AvgIpc) is 2.41. The Hall–Kier alpha value is -2.20. The summed E-state index contributed by atoms with van der Waals surface area (Å²) in [5.41, 5.74) is 8.54. The molecular formula is C15H16ClN3O. The van der Waals surface area contributed by atoms with E-state index in [2.05, 4.69) is 10.6 Å². The Bertz CT molecular complexity index is 628. The first kappa shape index (κ1) is 14.2. The van der Waals surface area contributed by atoms with E-state index in [1.807, 2.05) is 19.1 Å². The zero-order valence-electron chi connectivity index (χ0n) is 11.1. The lowest BCUT2D eigenvalue weighted by Crippen LogP contribution is -2.22. The van der Waals surface area contributed by atoms with Gasteiger partial charge in [0.25, 0.3) is 5.91 Å². The molecule has 0 heterocycles. The standard InChI is InChI=1S/C15H16ClN3O/c1-2-18-15(20)10-6-7-13(17)14(8-10)19-12-5-3-4-11(16)9-12/h3-9,19H,2,17H2,1H3,(H,18,20). The van der Waals surface area contributed by atoms with Gasteiger partial charge in [0.05, 0.1) is 11.4 Å². The fourth-order valence-corrected chi connectivity index (χ4v) is 1.98. The van der Waals surface area contributed by atoms with E-state index < -0.39 is 0 Å². The third kappa shape index (κ3) is 3.42. The van der Waals surface area contributed by atoms with Gasteiger partial charge < -0.3 is 16.4 Å². The molecule has 2 rings (SSSR count). The van der Waals surface area contributed by atoms with Crippen molar-refractivity contribution in [3.63, 3.8) is 0 Å². The number of carbonyl (C=O) groups is 1. The lowest BCUT2D eigenvalue weighted by atomic mass is 10.1. The number of anilines is 3. The number of halogens is 1. The fourth-order valence-electron chi connectivity index (χ4n) is 1.79. The molecule has 0 atom stereocenters. The summed E-state index contributed by atoms with van der Waals surface area (Å²) in [7, 11) is 0. The minimum atomic E-state index is -0.123. The number of hydrogen-bond acceptors (Lipinski definition) is 3. The SMILES string of the molecule is CCNC(=O)c1ccc(N)c(Nc2cccc(Cl)c2)c1. The molecular weight excluding hydrogens is 274 g/mol. The predicted molar refractivity (Wildman–Crippen MR) is 83.6 cm³/mol. The van der Waals surface area contributed by atoms with Crippen molar-refractivity contribution in [2.45, 2.75) is 6.92 Å². The van der Waals surface area contributed by atoms with Crippen LogP contribution >= 0.6 is 11.6 Å². The van der Waals surface area contributed by atoms with Gasteiger partial charge >= 0.3 is 0 Å². The van der Waals surface area contributed by atoms with Crippen LogP contribution in [0.5, 0.6) is 0 Å². The summed E-state index contributed by atoms with van der Waals surface area (Å²) in [6.07, 6.45) is 0. The molecule has 1 amide bonds.